The summed E-state index contributed by atoms with van der Waals surface area (Å²) in [5, 5.41) is 0. The van der Waals surface area contributed by atoms with Crippen LogP contribution in [0.5, 0.6) is 0 Å². The minimum Gasteiger partial charge on any atom is -0.397 e. The van der Waals surface area contributed by atoms with E-state index in [1.807, 2.05) is 0 Å². The fourth-order valence-electron chi connectivity index (χ4n) is 3.04. The number of hydrogen-bond donors (Lipinski definition) is 2. The van der Waals surface area contributed by atoms with Crippen molar-refractivity contribution in [3.8, 4) is 0 Å². The molecule has 2 rings (SSSR count). The molecule has 3 N–H and O–H groups in total. The number of aryl methyl sites for hydroxylation is 1. The molecule has 1 aliphatic rings. The number of nitrogens with two attached hydrogens (primary N) is 1. The van der Waals surface area contributed by atoms with Crippen LogP contribution in [-0.2, 0) is 16.4 Å². The summed E-state index contributed by atoms with van der Waals surface area (Å²) in [6, 6.07) is 3.23. The Morgan fingerprint density at radius 2 is 2.00 bits per heavy atom. The predicted octanol–water partition coefficient (Wildman–Crippen LogP) is 3.86. The number of nitrogens with zero attached hydrogens (tertiary/aromatic N) is 1. The Balaban J connectivity index is 2.36. The Morgan fingerprint density at radius 3 is 2.60 bits per heavy atom. The molecule has 1 aliphatic heterocycles. The molecule has 0 aromatic heterocycles. The van der Waals surface area contributed by atoms with Crippen LogP contribution in [0.1, 0.15) is 45.1 Å². The zero-order valence-corrected chi connectivity index (χ0v) is 15.2. The highest BCUT2D eigenvalue weighted by atomic mass is 32.2. The van der Waals surface area contributed by atoms with Gasteiger partial charge < -0.3 is 10.6 Å². The number of fused-ring (bicyclic) bond motifs is 1. The van der Waals surface area contributed by atoms with Crippen LogP contribution in [0, 0.1) is 0 Å². The van der Waals surface area contributed by atoms with Gasteiger partial charge in [0.05, 0.1) is 11.4 Å². The lowest BCUT2D eigenvalue weighted by molar-refractivity contribution is -0.0429. The maximum absolute atomic E-state index is 12.6. The van der Waals surface area contributed by atoms with Crippen molar-refractivity contribution in [1.29, 1.82) is 0 Å². The molecule has 5 nitrogen and oxygen atoms in total. The molecule has 1 heterocycles. The van der Waals surface area contributed by atoms with Gasteiger partial charge in [0, 0.05) is 18.3 Å². The van der Waals surface area contributed by atoms with Gasteiger partial charge in [-0.1, -0.05) is 19.8 Å². The third-order valence-electron chi connectivity index (χ3n) is 4.48. The largest absolute Gasteiger partial charge is 0.516 e. The Morgan fingerprint density at radius 1 is 1.32 bits per heavy atom. The number of sulfonamides is 1. The van der Waals surface area contributed by atoms with E-state index in [1.165, 1.54) is 6.07 Å². The van der Waals surface area contributed by atoms with Gasteiger partial charge in [0.25, 0.3) is 0 Å². The van der Waals surface area contributed by atoms with Gasteiger partial charge in [0.2, 0.25) is 0 Å². The smallest absolute Gasteiger partial charge is 0.397 e. The lowest BCUT2D eigenvalue weighted by atomic mass is 9.95. The van der Waals surface area contributed by atoms with E-state index >= 15 is 0 Å². The lowest BCUT2D eigenvalue weighted by Gasteiger charge is -2.38. The standard InChI is InChI=1S/C16H24F3N3O2S/c1-3-4-5-8-22-11(2)6-7-12-9-13(20)14(10-15(12)22)21-25(23,24)16(17,18)19/h9-11,21H,3-8,20H2,1-2H3. The minimum absolute atomic E-state index is 0.00497. The van der Waals surface area contributed by atoms with Crippen molar-refractivity contribution in [2.24, 2.45) is 0 Å². The second-order valence-electron chi connectivity index (χ2n) is 6.41. The van der Waals surface area contributed by atoms with Crippen LogP contribution >= 0.6 is 0 Å². The van der Waals surface area contributed by atoms with Crippen LogP contribution in [0.15, 0.2) is 12.1 Å². The molecule has 0 amide bonds. The Labute approximate surface area is 146 Å². The molecule has 0 fully saturated rings. The molecule has 0 aliphatic carbocycles. The molecule has 1 aromatic carbocycles. The van der Waals surface area contributed by atoms with Crippen LogP contribution in [0.2, 0.25) is 0 Å². The van der Waals surface area contributed by atoms with Crippen molar-refractivity contribution in [3.05, 3.63) is 17.7 Å². The van der Waals surface area contributed by atoms with Gasteiger partial charge >= 0.3 is 15.5 Å². The first-order valence-electron chi connectivity index (χ1n) is 8.35. The zero-order valence-electron chi connectivity index (χ0n) is 14.4. The number of anilines is 3. The van der Waals surface area contributed by atoms with Crippen molar-refractivity contribution in [3.63, 3.8) is 0 Å². The van der Waals surface area contributed by atoms with Crippen LogP contribution in [0.4, 0.5) is 30.2 Å². The van der Waals surface area contributed by atoms with E-state index in [1.54, 1.807) is 10.8 Å². The van der Waals surface area contributed by atoms with Gasteiger partial charge in [0.15, 0.2) is 0 Å². The summed E-state index contributed by atoms with van der Waals surface area (Å²) in [7, 11) is -5.50. The van der Waals surface area contributed by atoms with E-state index in [9.17, 15) is 21.6 Å². The molecule has 25 heavy (non-hydrogen) atoms. The number of halogens is 3. The molecule has 1 unspecified atom stereocenters. The monoisotopic (exact) mass is 379 g/mol. The van der Waals surface area contributed by atoms with Crippen LogP contribution in [0.25, 0.3) is 0 Å². The Kier molecular flexibility index (Phi) is 5.75. The van der Waals surface area contributed by atoms with E-state index in [2.05, 4.69) is 18.7 Å². The summed E-state index contributed by atoms with van der Waals surface area (Å²) in [5.41, 5.74) is 1.85. The molecule has 0 bridgehead atoms. The summed E-state index contributed by atoms with van der Waals surface area (Å²) in [4.78, 5) is 2.12. The first-order chi connectivity index (χ1) is 11.6. The number of hydrogen-bond acceptors (Lipinski definition) is 4. The number of nitrogens with one attached hydrogen (secondary N) is 1. The molecular weight excluding hydrogens is 355 g/mol. The highest BCUT2D eigenvalue weighted by Gasteiger charge is 2.46. The second kappa shape index (κ2) is 7.31. The first-order valence-corrected chi connectivity index (χ1v) is 9.83. The average Bonchev–Trinajstić information content (AvgIpc) is 2.49. The molecule has 0 radical (unpaired) electrons. The van der Waals surface area contributed by atoms with Crippen molar-refractivity contribution < 1.29 is 21.6 Å². The molecule has 9 heteroatoms. The van der Waals surface area contributed by atoms with E-state index in [0.29, 0.717) is 0 Å². The lowest BCUT2D eigenvalue weighted by Crippen LogP contribution is -2.38. The first kappa shape index (κ1) is 19.7. The summed E-state index contributed by atoms with van der Waals surface area (Å²) >= 11 is 0. The van der Waals surface area contributed by atoms with Gasteiger partial charge in [-0.3, -0.25) is 4.72 Å². The van der Waals surface area contributed by atoms with E-state index in [-0.39, 0.29) is 17.4 Å². The van der Waals surface area contributed by atoms with Crippen molar-refractivity contribution >= 4 is 27.1 Å². The molecular formula is C16H24F3N3O2S. The maximum atomic E-state index is 12.6. The number of unbranched alkanes of at least 4 members (excludes halogenated alkanes) is 2. The fourth-order valence-corrected chi connectivity index (χ4v) is 3.62. The molecule has 0 saturated heterocycles. The zero-order chi connectivity index (χ0) is 18.8. The van der Waals surface area contributed by atoms with E-state index < -0.39 is 15.5 Å². The van der Waals surface area contributed by atoms with Gasteiger partial charge in [-0.05, 0) is 43.9 Å². The maximum Gasteiger partial charge on any atom is 0.516 e. The SMILES string of the molecule is CCCCCN1c2cc(NS(=O)(=O)C(F)(F)F)c(N)cc2CCC1C. The Bertz CT molecular complexity index is 720. The van der Waals surface area contributed by atoms with Crippen LogP contribution in [-0.4, -0.2) is 26.5 Å². The molecule has 1 aromatic rings. The topological polar surface area (TPSA) is 75.4 Å². The van der Waals surface area contributed by atoms with Crippen LogP contribution in [0.3, 0.4) is 0 Å². The van der Waals surface area contributed by atoms with E-state index in [4.69, 9.17) is 5.73 Å². The fraction of sp³-hybridized carbons (Fsp3) is 0.625. The quantitative estimate of drug-likeness (QED) is 0.581. The second-order valence-corrected chi connectivity index (χ2v) is 8.08. The van der Waals surface area contributed by atoms with Gasteiger partial charge in [-0.15, -0.1) is 0 Å². The normalized spacial score (nSPS) is 18.1. The van der Waals surface area contributed by atoms with Crippen LogP contribution < -0.4 is 15.4 Å². The third-order valence-corrected chi connectivity index (χ3v) is 5.57. The number of benzene rings is 1. The van der Waals surface area contributed by atoms with Crippen molar-refractivity contribution in [1.82, 2.24) is 0 Å². The van der Waals surface area contributed by atoms with Crippen molar-refractivity contribution in [2.75, 3.05) is 21.9 Å². The Hall–Kier alpha value is -1.64. The van der Waals surface area contributed by atoms with E-state index in [0.717, 1.165) is 49.9 Å². The molecule has 1 atom stereocenters. The summed E-state index contributed by atoms with van der Waals surface area (Å²) in [6.07, 6.45) is 4.77. The molecule has 142 valence electrons. The van der Waals surface area contributed by atoms with Gasteiger partial charge in [-0.2, -0.15) is 21.6 Å². The minimum atomic E-state index is -5.50. The summed E-state index contributed by atoms with van der Waals surface area (Å²) in [5.74, 6) is 0. The number of nitrogen functional groups attached to an aromatic ring is 1. The molecule has 0 saturated carbocycles. The summed E-state index contributed by atoms with van der Waals surface area (Å²) in [6.45, 7) is 4.93. The number of alkyl halides is 3. The summed E-state index contributed by atoms with van der Waals surface area (Å²) < 4.78 is 62.3. The van der Waals surface area contributed by atoms with Gasteiger partial charge in [-0.25, -0.2) is 0 Å². The predicted molar refractivity (Wildman–Crippen MR) is 94.1 cm³/mol. The number of rotatable bonds is 6. The average molecular weight is 379 g/mol. The molecule has 0 spiro atoms. The highest BCUT2D eigenvalue weighted by molar-refractivity contribution is 7.93. The third kappa shape index (κ3) is 4.31. The van der Waals surface area contributed by atoms with Crippen molar-refractivity contribution in [2.45, 2.75) is 57.5 Å². The van der Waals surface area contributed by atoms with Gasteiger partial charge in [0.1, 0.15) is 0 Å². The highest BCUT2D eigenvalue weighted by Crippen LogP contribution is 2.38.